The van der Waals surface area contributed by atoms with Crippen LogP contribution in [0.2, 0.25) is 10.0 Å². The zero-order chi connectivity index (χ0) is 13.0. The number of nitrogens with zero attached hydrogens (tertiary/aromatic N) is 1. The van der Waals surface area contributed by atoms with Gasteiger partial charge in [-0.3, -0.25) is 0 Å². The van der Waals surface area contributed by atoms with Crippen molar-refractivity contribution in [2.24, 2.45) is 0 Å². The van der Waals surface area contributed by atoms with Gasteiger partial charge in [0.15, 0.2) is 12.8 Å². The lowest BCUT2D eigenvalue weighted by Gasteiger charge is -2.04. The quantitative estimate of drug-likeness (QED) is 0.359. The van der Waals surface area contributed by atoms with E-state index in [2.05, 4.69) is 0 Å². The van der Waals surface area contributed by atoms with Crippen LogP contribution in [0.5, 0.6) is 0 Å². The Kier molecular flexibility index (Phi) is 4.24. The SMILES string of the molecule is [O-]/[N+](=C/c1cccc(Cl)c1)Cc1cccc(Cl)c1. The molecule has 0 fully saturated rings. The minimum atomic E-state index is 0.257. The Hall–Kier alpha value is -1.51. The van der Waals surface area contributed by atoms with Crippen molar-refractivity contribution in [3.05, 3.63) is 74.9 Å². The van der Waals surface area contributed by atoms with Gasteiger partial charge in [0.25, 0.3) is 0 Å². The third-order valence-corrected chi connectivity index (χ3v) is 2.84. The normalized spacial score (nSPS) is 11.6. The Balaban J connectivity index is 2.14. The third-order valence-electron chi connectivity index (χ3n) is 2.37. The molecule has 0 atom stereocenters. The summed E-state index contributed by atoms with van der Waals surface area (Å²) in [5, 5.41) is 13.0. The molecule has 92 valence electrons. The summed E-state index contributed by atoms with van der Waals surface area (Å²) in [5.74, 6) is 0. The van der Waals surface area contributed by atoms with Crippen LogP contribution in [0.25, 0.3) is 0 Å². The van der Waals surface area contributed by atoms with Crippen molar-refractivity contribution in [1.82, 2.24) is 0 Å². The summed E-state index contributed by atoms with van der Waals surface area (Å²) in [5.41, 5.74) is 1.65. The fraction of sp³-hybridized carbons (Fsp3) is 0.0714. The molecule has 0 N–H and O–H groups in total. The monoisotopic (exact) mass is 279 g/mol. The minimum Gasteiger partial charge on any atom is -0.624 e. The molecule has 0 radical (unpaired) electrons. The standard InChI is InChI=1S/C14H11Cl2NO/c15-13-5-1-3-11(7-13)9-17(18)10-12-4-2-6-14(16)8-12/h1-9H,10H2/b17-9+. The average molecular weight is 280 g/mol. The summed E-state index contributed by atoms with van der Waals surface area (Å²) in [6, 6.07) is 14.4. The van der Waals surface area contributed by atoms with Gasteiger partial charge >= 0.3 is 0 Å². The summed E-state index contributed by atoms with van der Waals surface area (Å²) in [6.07, 6.45) is 1.51. The molecule has 0 aromatic heterocycles. The summed E-state index contributed by atoms with van der Waals surface area (Å²) in [7, 11) is 0. The fourth-order valence-electron chi connectivity index (χ4n) is 1.61. The number of hydrogen-bond acceptors (Lipinski definition) is 1. The molecule has 4 heteroatoms. The van der Waals surface area contributed by atoms with Crippen LogP contribution in [0.1, 0.15) is 11.1 Å². The maximum absolute atomic E-state index is 11.8. The molecule has 2 nitrogen and oxygen atoms in total. The topological polar surface area (TPSA) is 26.1 Å². The summed E-state index contributed by atoms with van der Waals surface area (Å²) in [6.45, 7) is 0.257. The van der Waals surface area contributed by atoms with E-state index in [1.807, 2.05) is 18.2 Å². The molecule has 2 aromatic carbocycles. The second-order valence-corrected chi connectivity index (χ2v) is 4.76. The minimum absolute atomic E-state index is 0.257. The maximum Gasteiger partial charge on any atom is 0.182 e. The van der Waals surface area contributed by atoms with Gasteiger partial charge in [-0.25, -0.2) is 4.74 Å². The van der Waals surface area contributed by atoms with E-state index in [0.29, 0.717) is 10.0 Å². The zero-order valence-corrected chi connectivity index (χ0v) is 11.0. The van der Waals surface area contributed by atoms with E-state index in [0.717, 1.165) is 15.9 Å². The van der Waals surface area contributed by atoms with E-state index in [-0.39, 0.29) is 6.54 Å². The number of benzene rings is 2. The van der Waals surface area contributed by atoms with E-state index in [1.54, 1.807) is 30.3 Å². The van der Waals surface area contributed by atoms with Gasteiger partial charge in [0.1, 0.15) is 0 Å². The molecule has 0 bridgehead atoms. The predicted molar refractivity (Wildman–Crippen MR) is 75.4 cm³/mol. The van der Waals surface area contributed by atoms with Crippen LogP contribution in [0, 0.1) is 5.21 Å². The molecule has 0 spiro atoms. The average Bonchev–Trinajstić information content (AvgIpc) is 2.28. The largest absolute Gasteiger partial charge is 0.624 e. The van der Waals surface area contributed by atoms with E-state index in [4.69, 9.17) is 23.2 Å². The molecule has 0 amide bonds. The van der Waals surface area contributed by atoms with Crippen molar-refractivity contribution in [1.29, 1.82) is 0 Å². The van der Waals surface area contributed by atoms with Crippen LogP contribution in [0.3, 0.4) is 0 Å². The zero-order valence-electron chi connectivity index (χ0n) is 9.51. The molecule has 0 aliphatic carbocycles. The van der Waals surface area contributed by atoms with E-state index in [9.17, 15) is 5.21 Å². The first-order chi connectivity index (χ1) is 8.63. The van der Waals surface area contributed by atoms with Crippen LogP contribution < -0.4 is 0 Å². The van der Waals surface area contributed by atoms with E-state index >= 15 is 0 Å². The third kappa shape index (κ3) is 3.76. The molecule has 0 saturated heterocycles. The van der Waals surface area contributed by atoms with Gasteiger partial charge in [-0.15, -0.1) is 0 Å². The highest BCUT2D eigenvalue weighted by Gasteiger charge is 2.00. The maximum atomic E-state index is 11.8. The number of rotatable bonds is 3. The smallest absolute Gasteiger partial charge is 0.182 e. The van der Waals surface area contributed by atoms with Gasteiger partial charge in [0.05, 0.1) is 0 Å². The van der Waals surface area contributed by atoms with Crippen LogP contribution in [0.15, 0.2) is 48.5 Å². The van der Waals surface area contributed by atoms with Gasteiger partial charge in [0, 0.05) is 21.2 Å². The van der Waals surface area contributed by atoms with Crippen molar-refractivity contribution in [3.8, 4) is 0 Å². The van der Waals surface area contributed by atoms with Crippen LogP contribution >= 0.6 is 23.2 Å². The number of hydroxylamine groups is 1. The van der Waals surface area contributed by atoms with Crippen molar-refractivity contribution in [2.75, 3.05) is 0 Å². The first kappa shape index (κ1) is 12.9. The van der Waals surface area contributed by atoms with Gasteiger partial charge < -0.3 is 5.21 Å². The Morgan fingerprint density at radius 3 is 2.33 bits per heavy atom. The summed E-state index contributed by atoms with van der Waals surface area (Å²) >= 11 is 11.7. The second kappa shape index (κ2) is 5.89. The number of halogens is 2. The van der Waals surface area contributed by atoms with E-state index in [1.165, 1.54) is 6.21 Å². The first-order valence-electron chi connectivity index (χ1n) is 5.42. The first-order valence-corrected chi connectivity index (χ1v) is 6.18. The molecule has 0 heterocycles. The highest BCUT2D eigenvalue weighted by atomic mass is 35.5. The van der Waals surface area contributed by atoms with Crippen molar-refractivity contribution >= 4 is 29.4 Å². The summed E-state index contributed by atoms with van der Waals surface area (Å²) in [4.78, 5) is 0. The molecule has 2 rings (SSSR count). The Morgan fingerprint density at radius 1 is 1.00 bits per heavy atom. The van der Waals surface area contributed by atoms with Gasteiger partial charge in [-0.1, -0.05) is 41.4 Å². The predicted octanol–water partition coefficient (Wildman–Crippen LogP) is 4.12. The highest BCUT2D eigenvalue weighted by Crippen LogP contribution is 2.12. The lowest BCUT2D eigenvalue weighted by Crippen LogP contribution is -2.05. The van der Waals surface area contributed by atoms with Gasteiger partial charge in [-0.05, 0) is 30.3 Å². The van der Waals surface area contributed by atoms with Crippen molar-refractivity contribution in [2.45, 2.75) is 6.54 Å². The van der Waals surface area contributed by atoms with E-state index < -0.39 is 0 Å². The molecule has 0 saturated carbocycles. The lowest BCUT2D eigenvalue weighted by atomic mass is 10.2. The van der Waals surface area contributed by atoms with Gasteiger partial charge in [0.2, 0.25) is 0 Å². The second-order valence-electron chi connectivity index (χ2n) is 3.89. The summed E-state index contributed by atoms with van der Waals surface area (Å²) < 4.78 is 0.858. The molecule has 0 aliphatic heterocycles. The molecular weight excluding hydrogens is 269 g/mol. The van der Waals surface area contributed by atoms with Crippen LogP contribution in [-0.2, 0) is 6.54 Å². The lowest BCUT2D eigenvalue weighted by molar-refractivity contribution is -0.469. The number of hydrogen-bond donors (Lipinski definition) is 0. The molecule has 0 unspecified atom stereocenters. The molecule has 0 aliphatic rings. The van der Waals surface area contributed by atoms with Crippen LogP contribution in [-0.4, -0.2) is 11.0 Å². The molecule has 18 heavy (non-hydrogen) atoms. The Bertz CT molecular complexity index is 582. The van der Waals surface area contributed by atoms with Gasteiger partial charge in [-0.2, -0.15) is 0 Å². The fourth-order valence-corrected chi connectivity index (χ4v) is 2.03. The molecular formula is C14H11Cl2NO. The van der Waals surface area contributed by atoms with Crippen LogP contribution in [0.4, 0.5) is 0 Å². The molecule has 2 aromatic rings. The highest BCUT2D eigenvalue weighted by molar-refractivity contribution is 6.31. The Morgan fingerprint density at radius 2 is 1.67 bits per heavy atom. The van der Waals surface area contributed by atoms with Crippen molar-refractivity contribution in [3.63, 3.8) is 0 Å². The van der Waals surface area contributed by atoms with Crippen molar-refractivity contribution < 1.29 is 4.74 Å². The Labute approximate surface area is 116 Å².